The quantitative estimate of drug-likeness (QED) is 0.823. The second-order valence-corrected chi connectivity index (χ2v) is 4.49. The zero-order valence-corrected chi connectivity index (χ0v) is 10.8. The number of benzene rings is 2. The topological polar surface area (TPSA) is 49.3 Å². The van der Waals surface area contributed by atoms with Crippen molar-refractivity contribution in [3.63, 3.8) is 0 Å². The van der Waals surface area contributed by atoms with Crippen LogP contribution in [0.25, 0.3) is 0 Å². The standard InChI is InChI=1S/C14H11ClFNO2/c1-8-2-3-9(6-12(8)16)14(19)17-13-5-4-10(18)7-11(13)15/h2-7,18H,1H3,(H,17,19). The Hall–Kier alpha value is -2.07. The van der Waals surface area contributed by atoms with Crippen molar-refractivity contribution < 1.29 is 14.3 Å². The molecule has 5 heteroatoms. The van der Waals surface area contributed by atoms with Gasteiger partial charge in [-0.1, -0.05) is 17.7 Å². The second-order valence-electron chi connectivity index (χ2n) is 4.08. The number of carbonyl (C=O) groups is 1. The van der Waals surface area contributed by atoms with Crippen LogP contribution in [0.5, 0.6) is 5.75 Å². The van der Waals surface area contributed by atoms with Crippen LogP contribution in [0, 0.1) is 12.7 Å². The number of rotatable bonds is 2. The predicted molar refractivity (Wildman–Crippen MR) is 72.2 cm³/mol. The lowest BCUT2D eigenvalue weighted by atomic mass is 10.1. The Balaban J connectivity index is 2.23. The van der Waals surface area contributed by atoms with E-state index in [1.54, 1.807) is 6.92 Å². The van der Waals surface area contributed by atoms with Crippen LogP contribution in [-0.2, 0) is 0 Å². The van der Waals surface area contributed by atoms with Crippen LogP contribution in [0.15, 0.2) is 36.4 Å². The highest BCUT2D eigenvalue weighted by Crippen LogP contribution is 2.26. The van der Waals surface area contributed by atoms with Gasteiger partial charge in [0.25, 0.3) is 5.91 Å². The first kappa shape index (κ1) is 13.4. The van der Waals surface area contributed by atoms with E-state index in [0.717, 1.165) is 0 Å². The van der Waals surface area contributed by atoms with E-state index in [2.05, 4.69) is 5.32 Å². The lowest BCUT2D eigenvalue weighted by Crippen LogP contribution is -2.12. The van der Waals surface area contributed by atoms with Gasteiger partial charge in [-0.15, -0.1) is 0 Å². The number of hydrogen-bond acceptors (Lipinski definition) is 2. The van der Waals surface area contributed by atoms with Crippen molar-refractivity contribution in [2.24, 2.45) is 0 Å². The third kappa shape index (κ3) is 3.03. The summed E-state index contributed by atoms with van der Waals surface area (Å²) in [5.74, 6) is -0.902. The molecule has 0 aliphatic heterocycles. The summed E-state index contributed by atoms with van der Waals surface area (Å²) in [7, 11) is 0. The largest absolute Gasteiger partial charge is 0.508 e. The first-order valence-corrected chi connectivity index (χ1v) is 5.91. The summed E-state index contributed by atoms with van der Waals surface area (Å²) < 4.78 is 13.4. The van der Waals surface area contributed by atoms with E-state index in [-0.39, 0.29) is 16.3 Å². The second kappa shape index (κ2) is 5.28. The molecule has 0 aliphatic carbocycles. The average Bonchev–Trinajstić information content (AvgIpc) is 2.36. The number of nitrogens with one attached hydrogen (secondary N) is 1. The van der Waals surface area contributed by atoms with Gasteiger partial charge in [-0.25, -0.2) is 4.39 Å². The minimum absolute atomic E-state index is 0.00405. The van der Waals surface area contributed by atoms with Crippen molar-refractivity contribution in [2.75, 3.05) is 5.32 Å². The highest BCUT2D eigenvalue weighted by molar-refractivity contribution is 6.34. The monoisotopic (exact) mass is 279 g/mol. The van der Waals surface area contributed by atoms with Gasteiger partial charge in [-0.3, -0.25) is 4.79 Å². The molecule has 0 aromatic heterocycles. The number of aryl methyl sites for hydroxylation is 1. The molecule has 0 atom stereocenters. The highest BCUT2D eigenvalue weighted by atomic mass is 35.5. The summed E-state index contributed by atoms with van der Waals surface area (Å²) in [5.41, 5.74) is 1.02. The van der Waals surface area contributed by atoms with Gasteiger partial charge in [0.05, 0.1) is 10.7 Å². The predicted octanol–water partition coefficient (Wildman–Crippen LogP) is 3.75. The summed E-state index contributed by atoms with van der Waals surface area (Å²) in [4.78, 5) is 11.9. The molecular weight excluding hydrogens is 269 g/mol. The summed E-state index contributed by atoms with van der Waals surface area (Å²) in [6.07, 6.45) is 0. The fourth-order valence-electron chi connectivity index (χ4n) is 1.53. The van der Waals surface area contributed by atoms with Gasteiger partial charge in [0.15, 0.2) is 0 Å². The zero-order chi connectivity index (χ0) is 14.0. The molecule has 98 valence electrons. The summed E-state index contributed by atoms with van der Waals surface area (Å²) in [5, 5.41) is 12.0. The number of amides is 1. The molecule has 2 aromatic rings. The molecule has 0 saturated carbocycles. The molecular formula is C14H11ClFNO2. The van der Waals surface area contributed by atoms with Crippen LogP contribution in [0.2, 0.25) is 5.02 Å². The number of carbonyl (C=O) groups excluding carboxylic acids is 1. The molecule has 2 N–H and O–H groups in total. The van der Waals surface area contributed by atoms with E-state index in [9.17, 15) is 14.3 Å². The molecule has 0 saturated heterocycles. The van der Waals surface area contributed by atoms with Crippen LogP contribution < -0.4 is 5.32 Å². The van der Waals surface area contributed by atoms with Crippen LogP contribution in [0.3, 0.4) is 0 Å². The van der Waals surface area contributed by atoms with Crippen molar-refractivity contribution in [3.05, 3.63) is 58.4 Å². The van der Waals surface area contributed by atoms with Crippen LogP contribution in [0.1, 0.15) is 15.9 Å². The van der Waals surface area contributed by atoms with Crippen molar-refractivity contribution in [1.29, 1.82) is 0 Å². The zero-order valence-electron chi connectivity index (χ0n) is 10.1. The van der Waals surface area contributed by atoms with Gasteiger partial charge in [0.2, 0.25) is 0 Å². The van der Waals surface area contributed by atoms with Gasteiger partial charge in [-0.2, -0.15) is 0 Å². The van der Waals surface area contributed by atoms with Gasteiger partial charge < -0.3 is 10.4 Å². The Bertz CT molecular complexity index is 643. The molecule has 3 nitrogen and oxygen atoms in total. The number of hydrogen-bond donors (Lipinski definition) is 2. The average molecular weight is 280 g/mol. The van der Waals surface area contributed by atoms with E-state index in [1.807, 2.05) is 0 Å². The maximum absolute atomic E-state index is 13.4. The minimum Gasteiger partial charge on any atom is -0.508 e. The van der Waals surface area contributed by atoms with E-state index in [4.69, 9.17) is 11.6 Å². The summed E-state index contributed by atoms with van der Waals surface area (Å²) in [6, 6.07) is 8.41. The number of halogens is 2. The van der Waals surface area contributed by atoms with Gasteiger partial charge in [0.1, 0.15) is 11.6 Å². The summed E-state index contributed by atoms with van der Waals surface area (Å²) >= 11 is 5.87. The first-order chi connectivity index (χ1) is 8.97. The maximum atomic E-state index is 13.4. The maximum Gasteiger partial charge on any atom is 0.255 e. The lowest BCUT2D eigenvalue weighted by Gasteiger charge is -2.08. The Morgan fingerprint density at radius 2 is 2.00 bits per heavy atom. The third-order valence-electron chi connectivity index (χ3n) is 2.63. The van der Waals surface area contributed by atoms with Crippen molar-refractivity contribution in [1.82, 2.24) is 0 Å². The van der Waals surface area contributed by atoms with E-state index in [1.165, 1.54) is 36.4 Å². The highest BCUT2D eigenvalue weighted by Gasteiger charge is 2.10. The number of aromatic hydroxyl groups is 1. The van der Waals surface area contributed by atoms with E-state index >= 15 is 0 Å². The molecule has 0 radical (unpaired) electrons. The fraction of sp³-hybridized carbons (Fsp3) is 0.0714. The van der Waals surface area contributed by atoms with Crippen molar-refractivity contribution >= 4 is 23.2 Å². The molecule has 0 aliphatic rings. The van der Waals surface area contributed by atoms with Crippen LogP contribution in [0.4, 0.5) is 10.1 Å². The van der Waals surface area contributed by atoms with Gasteiger partial charge in [0, 0.05) is 11.6 Å². The van der Waals surface area contributed by atoms with Crippen LogP contribution >= 0.6 is 11.6 Å². The van der Waals surface area contributed by atoms with Crippen molar-refractivity contribution in [2.45, 2.75) is 6.92 Å². The SMILES string of the molecule is Cc1ccc(C(=O)Nc2ccc(O)cc2Cl)cc1F. The summed E-state index contributed by atoms with van der Waals surface area (Å²) in [6.45, 7) is 1.62. The fourth-order valence-corrected chi connectivity index (χ4v) is 1.76. The molecule has 0 spiro atoms. The van der Waals surface area contributed by atoms with Crippen molar-refractivity contribution in [3.8, 4) is 5.75 Å². The van der Waals surface area contributed by atoms with Gasteiger partial charge >= 0.3 is 0 Å². The van der Waals surface area contributed by atoms with E-state index < -0.39 is 11.7 Å². The molecule has 0 heterocycles. The molecule has 2 aromatic carbocycles. The Morgan fingerprint density at radius 3 is 2.63 bits per heavy atom. The smallest absolute Gasteiger partial charge is 0.255 e. The lowest BCUT2D eigenvalue weighted by molar-refractivity contribution is 0.102. The molecule has 1 amide bonds. The molecule has 0 bridgehead atoms. The number of phenolic OH excluding ortho intramolecular Hbond substituents is 1. The Kier molecular flexibility index (Phi) is 3.71. The normalized spacial score (nSPS) is 10.3. The first-order valence-electron chi connectivity index (χ1n) is 5.53. The third-order valence-corrected chi connectivity index (χ3v) is 2.95. The molecule has 0 unspecified atom stereocenters. The molecule has 2 rings (SSSR count). The van der Waals surface area contributed by atoms with Crippen LogP contribution in [-0.4, -0.2) is 11.0 Å². The van der Waals surface area contributed by atoms with E-state index in [0.29, 0.717) is 11.3 Å². The number of anilines is 1. The number of phenols is 1. The Morgan fingerprint density at radius 1 is 1.26 bits per heavy atom. The minimum atomic E-state index is -0.466. The van der Waals surface area contributed by atoms with Gasteiger partial charge in [-0.05, 0) is 36.8 Å². The molecule has 0 fully saturated rings. The molecule has 19 heavy (non-hydrogen) atoms. The Labute approximate surface area is 114 Å².